The van der Waals surface area contributed by atoms with Crippen LogP contribution in [-0.2, 0) is 9.53 Å². The quantitative estimate of drug-likeness (QED) is 0.569. The van der Waals surface area contributed by atoms with Crippen molar-refractivity contribution in [2.24, 2.45) is 0 Å². The third-order valence-electron chi connectivity index (χ3n) is 5.40. The van der Waals surface area contributed by atoms with E-state index in [2.05, 4.69) is 34.3 Å². The summed E-state index contributed by atoms with van der Waals surface area (Å²) >= 11 is 0. The molecule has 2 fully saturated rings. The number of unbranched alkanes of at least 4 members (excludes halogenated alkanes) is 1. The van der Waals surface area contributed by atoms with Crippen molar-refractivity contribution in [3.8, 4) is 0 Å². The third kappa shape index (κ3) is 5.59. The number of hydrogen-bond donors (Lipinski definition) is 1. The van der Waals surface area contributed by atoms with Crippen LogP contribution in [0.1, 0.15) is 43.6 Å². The van der Waals surface area contributed by atoms with Crippen molar-refractivity contribution in [2.45, 2.75) is 38.0 Å². The number of esters is 1. The molecule has 0 aliphatic carbocycles. The summed E-state index contributed by atoms with van der Waals surface area (Å²) in [7, 11) is 1.40. The van der Waals surface area contributed by atoms with E-state index >= 15 is 0 Å². The number of nitrogens with zero attached hydrogens (tertiary/aromatic N) is 2. The highest BCUT2D eigenvalue weighted by molar-refractivity contribution is 5.94. The molecule has 2 aliphatic heterocycles. The summed E-state index contributed by atoms with van der Waals surface area (Å²) in [6, 6.07) is 8.58. The average Bonchev–Trinajstić information content (AvgIpc) is 3.06. The molecule has 0 unspecified atom stereocenters. The van der Waals surface area contributed by atoms with Gasteiger partial charge in [-0.15, -0.1) is 12.4 Å². The van der Waals surface area contributed by atoms with E-state index in [-0.39, 0.29) is 24.4 Å². The maximum atomic E-state index is 12.6. The molecule has 0 aromatic heterocycles. The van der Waals surface area contributed by atoms with Crippen LogP contribution in [0, 0.1) is 0 Å². The number of ether oxygens (including phenoxy) is 1. The summed E-state index contributed by atoms with van der Waals surface area (Å²) in [5.41, 5.74) is 2.35. The molecule has 0 spiro atoms. The number of anilines is 1. The number of nitrogens with one attached hydrogen (secondary N) is 1. The molecule has 150 valence electrons. The molecule has 1 aromatic carbocycles. The Hall–Kier alpha value is -1.79. The number of rotatable bonds is 7. The molecule has 7 heteroatoms. The molecule has 0 saturated carbocycles. The van der Waals surface area contributed by atoms with Crippen molar-refractivity contribution in [2.75, 3.05) is 44.7 Å². The number of amides is 2. The first kappa shape index (κ1) is 21.5. The standard InChI is InChI=1S/C20H29N3O3.ClH/c1-26-19(24)4-2-3-13-22-14-15-23(20(22)25)18-7-5-16(6-8-18)17-9-11-21-12-10-17;/h5-8,17,21H,2-4,9-15H2,1H3;1H. The lowest BCUT2D eigenvalue weighted by Crippen LogP contribution is -2.32. The molecule has 0 bridgehead atoms. The van der Waals surface area contributed by atoms with Gasteiger partial charge in [0.15, 0.2) is 0 Å². The van der Waals surface area contributed by atoms with Crippen LogP contribution >= 0.6 is 12.4 Å². The topological polar surface area (TPSA) is 61.9 Å². The largest absolute Gasteiger partial charge is 0.469 e. The molecule has 27 heavy (non-hydrogen) atoms. The van der Waals surface area contributed by atoms with E-state index in [4.69, 9.17) is 0 Å². The Morgan fingerprint density at radius 2 is 1.85 bits per heavy atom. The normalized spacial score (nSPS) is 17.7. The molecule has 2 saturated heterocycles. The van der Waals surface area contributed by atoms with Crippen molar-refractivity contribution in [3.05, 3.63) is 29.8 Å². The van der Waals surface area contributed by atoms with Crippen molar-refractivity contribution < 1.29 is 14.3 Å². The lowest BCUT2D eigenvalue weighted by molar-refractivity contribution is -0.140. The first-order valence-electron chi connectivity index (χ1n) is 9.63. The Balaban J connectivity index is 0.00000261. The first-order chi connectivity index (χ1) is 12.7. The molecule has 3 rings (SSSR count). The van der Waals surface area contributed by atoms with Gasteiger partial charge < -0.3 is 15.0 Å². The summed E-state index contributed by atoms with van der Waals surface area (Å²) in [4.78, 5) is 27.5. The van der Waals surface area contributed by atoms with Gasteiger partial charge in [0.25, 0.3) is 0 Å². The van der Waals surface area contributed by atoms with E-state index in [1.54, 1.807) is 0 Å². The SMILES string of the molecule is COC(=O)CCCCN1CCN(c2ccc(C3CCNCC3)cc2)C1=O.Cl. The second-order valence-corrected chi connectivity index (χ2v) is 7.07. The highest BCUT2D eigenvalue weighted by Crippen LogP contribution is 2.28. The highest BCUT2D eigenvalue weighted by Gasteiger charge is 2.29. The zero-order valence-electron chi connectivity index (χ0n) is 16.0. The van der Waals surface area contributed by atoms with Gasteiger partial charge in [-0.25, -0.2) is 4.79 Å². The molecule has 2 amide bonds. The smallest absolute Gasteiger partial charge is 0.324 e. The predicted molar refractivity (Wildman–Crippen MR) is 109 cm³/mol. The van der Waals surface area contributed by atoms with E-state index in [0.717, 1.165) is 44.7 Å². The Morgan fingerprint density at radius 1 is 1.15 bits per heavy atom. The highest BCUT2D eigenvalue weighted by atomic mass is 35.5. The van der Waals surface area contributed by atoms with Gasteiger partial charge in [0.2, 0.25) is 0 Å². The number of carbonyl (C=O) groups excluding carboxylic acids is 2. The minimum Gasteiger partial charge on any atom is -0.469 e. The second-order valence-electron chi connectivity index (χ2n) is 7.07. The number of hydrogen-bond acceptors (Lipinski definition) is 4. The minimum absolute atomic E-state index is 0. The third-order valence-corrected chi connectivity index (χ3v) is 5.40. The Kier molecular flexibility index (Phi) is 8.38. The van der Waals surface area contributed by atoms with Crippen LogP contribution in [0.2, 0.25) is 0 Å². The Labute approximate surface area is 167 Å². The van der Waals surface area contributed by atoms with Gasteiger partial charge in [-0.2, -0.15) is 0 Å². The zero-order valence-corrected chi connectivity index (χ0v) is 16.8. The van der Waals surface area contributed by atoms with Crippen LogP contribution in [0.25, 0.3) is 0 Å². The maximum absolute atomic E-state index is 12.6. The number of piperidine rings is 1. The van der Waals surface area contributed by atoms with E-state index in [0.29, 0.717) is 18.9 Å². The fraction of sp³-hybridized carbons (Fsp3) is 0.600. The fourth-order valence-corrected chi connectivity index (χ4v) is 3.79. The van der Waals surface area contributed by atoms with Crippen LogP contribution < -0.4 is 10.2 Å². The van der Waals surface area contributed by atoms with Crippen molar-refractivity contribution in [1.82, 2.24) is 10.2 Å². The van der Waals surface area contributed by atoms with E-state index in [1.165, 1.54) is 25.5 Å². The minimum atomic E-state index is -0.187. The summed E-state index contributed by atoms with van der Waals surface area (Å²) < 4.78 is 4.64. The van der Waals surface area contributed by atoms with Gasteiger partial charge in [0, 0.05) is 31.7 Å². The van der Waals surface area contributed by atoms with Crippen LogP contribution in [0.5, 0.6) is 0 Å². The molecule has 2 aliphatic rings. The van der Waals surface area contributed by atoms with Gasteiger partial charge in [-0.3, -0.25) is 9.69 Å². The Morgan fingerprint density at radius 3 is 2.52 bits per heavy atom. The molecule has 1 aromatic rings. The Bertz CT molecular complexity index is 617. The molecule has 0 atom stereocenters. The van der Waals surface area contributed by atoms with Crippen LogP contribution in [0.4, 0.5) is 10.5 Å². The van der Waals surface area contributed by atoms with Crippen molar-refractivity contribution >= 4 is 30.1 Å². The zero-order chi connectivity index (χ0) is 18.4. The average molecular weight is 396 g/mol. The van der Waals surface area contributed by atoms with E-state index < -0.39 is 0 Å². The number of halogens is 1. The molecule has 1 N–H and O–H groups in total. The molecule has 0 radical (unpaired) electrons. The summed E-state index contributed by atoms with van der Waals surface area (Å²) in [6.45, 7) is 4.33. The van der Waals surface area contributed by atoms with Gasteiger partial charge in [-0.05, 0) is 62.4 Å². The van der Waals surface area contributed by atoms with Crippen LogP contribution in [0.3, 0.4) is 0 Å². The van der Waals surface area contributed by atoms with Crippen LogP contribution in [0.15, 0.2) is 24.3 Å². The van der Waals surface area contributed by atoms with Gasteiger partial charge in [-0.1, -0.05) is 12.1 Å². The number of benzene rings is 1. The lowest BCUT2D eigenvalue weighted by Gasteiger charge is -2.24. The molecular weight excluding hydrogens is 366 g/mol. The second kappa shape index (κ2) is 10.5. The maximum Gasteiger partial charge on any atom is 0.324 e. The summed E-state index contributed by atoms with van der Waals surface area (Å²) in [5.74, 6) is 0.444. The monoisotopic (exact) mass is 395 g/mol. The first-order valence-corrected chi connectivity index (χ1v) is 9.63. The van der Waals surface area contributed by atoms with E-state index in [9.17, 15) is 9.59 Å². The number of urea groups is 1. The molecule has 2 heterocycles. The number of methoxy groups -OCH3 is 1. The fourth-order valence-electron chi connectivity index (χ4n) is 3.79. The molecule has 6 nitrogen and oxygen atoms in total. The number of carbonyl (C=O) groups is 2. The van der Waals surface area contributed by atoms with Gasteiger partial charge in [0.05, 0.1) is 7.11 Å². The summed E-state index contributed by atoms with van der Waals surface area (Å²) in [6.07, 6.45) is 4.35. The van der Waals surface area contributed by atoms with Crippen molar-refractivity contribution in [1.29, 1.82) is 0 Å². The summed E-state index contributed by atoms with van der Waals surface area (Å²) in [5, 5.41) is 3.40. The van der Waals surface area contributed by atoms with Crippen LogP contribution in [-0.4, -0.2) is 56.7 Å². The van der Waals surface area contributed by atoms with Crippen molar-refractivity contribution in [3.63, 3.8) is 0 Å². The lowest BCUT2D eigenvalue weighted by atomic mass is 9.90. The van der Waals surface area contributed by atoms with Gasteiger partial charge in [0.1, 0.15) is 0 Å². The molecular formula is C20H30ClN3O3. The van der Waals surface area contributed by atoms with E-state index in [1.807, 2.05) is 9.80 Å². The predicted octanol–water partition coefficient (Wildman–Crippen LogP) is 3.16. The van der Waals surface area contributed by atoms with Gasteiger partial charge >= 0.3 is 12.0 Å².